The monoisotopic (exact) mass is 212 g/mol. The van der Waals surface area contributed by atoms with Gasteiger partial charge in [0.1, 0.15) is 0 Å². The lowest BCUT2D eigenvalue weighted by atomic mass is 9.74. The highest BCUT2D eigenvalue weighted by molar-refractivity contribution is 6.99. The smallest absolute Gasteiger partial charge is 0.0749 e. The Balaban J connectivity index is 2.17. The topological polar surface area (TPSA) is 46.0 Å². The Morgan fingerprint density at radius 2 is 2.29 bits per heavy atom. The third-order valence-electron chi connectivity index (χ3n) is 3.67. The standard InChI is InChI=1S/C10H16N2OS/c1-9(4-3-5-10(9,2)13)6-8-7-11-14-12-8/h7,13H,3-6H2,1-2H3. The molecule has 1 aromatic rings. The molecule has 78 valence electrons. The van der Waals surface area contributed by atoms with E-state index in [0.29, 0.717) is 0 Å². The molecule has 14 heavy (non-hydrogen) atoms. The van der Waals surface area contributed by atoms with Gasteiger partial charge < -0.3 is 5.11 Å². The molecule has 0 aliphatic heterocycles. The van der Waals surface area contributed by atoms with E-state index in [-0.39, 0.29) is 5.41 Å². The van der Waals surface area contributed by atoms with Gasteiger partial charge in [0.25, 0.3) is 0 Å². The fourth-order valence-electron chi connectivity index (χ4n) is 2.33. The number of aromatic nitrogens is 2. The molecule has 0 spiro atoms. The van der Waals surface area contributed by atoms with Crippen LogP contribution in [-0.2, 0) is 6.42 Å². The highest BCUT2D eigenvalue weighted by Gasteiger charge is 2.47. The van der Waals surface area contributed by atoms with E-state index in [0.717, 1.165) is 31.4 Å². The van der Waals surface area contributed by atoms with Gasteiger partial charge in [-0.05, 0) is 26.2 Å². The number of hydrogen-bond acceptors (Lipinski definition) is 4. The average Bonchev–Trinajstić information content (AvgIpc) is 2.63. The first-order chi connectivity index (χ1) is 6.54. The van der Waals surface area contributed by atoms with Crippen molar-refractivity contribution in [2.75, 3.05) is 0 Å². The van der Waals surface area contributed by atoms with Crippen molar-refractivity contribution < 1.29 is 5.11 Å². The first-order valence-corrected chi connectivity index (χ1v) is 5.75. The van der Waals surface area contributed by atoms with Crippen LogP contribution in [0.1, 0.15) is 38.8 Å². The fourth-order valence-corrected chi connectivity index (χ4v) is 2.77. The van der Waals surface area contributed by atoms with Gasteiger partial charge in [-0.15, -0.1) is 0 Å². The van der Waals surface area contributed by atoms with Crippen molar-refractivity contribution in [2.24, 2.45) is 5.41 Å². The fraction of sp³-hybridized carbons (Fsp3) is 0.800. The summed E-state index contributed by atoms with van der Waals surface area (Å²) in [4.78, 5) is 0. The van der Waals surface area contributed by atoms with Gasteiger partial charge in [-0.25, -0.2) is 0 Å². The Hall–Kier alpha value is -0.480. The summed E-state index contributed by atoms with van der Waals surface area (Å²) >= 11 is 1.24. The minimum absolute atomic E-state index is 0.0250. The lowest BCUT2D eigenvalue weighted by molar-refractivity contribution is -0.0357. The minimum Gasteiger partial charge on any atom is -0.390 e. The van der Waals surface area contributed by atoms with E-state index < -0.39 is 5.60 Å². The molecular formula is C10H16N2OS. The summed E-state index contributed by atoms with van der Waals surface area (Å²) in [5.74, 6) is 0. The van der Waals surface area contributed by atoms with Gasteiger partial charge in [-0.2, -0.15) is 8.75 Å². The molecule has 3 nitrogen and oxygen atoms in total. The number of rotatable bonds is 2. The maximum Gasteiger partial charge on any atom is 0.0749 e. The summed E-state index contributed by atoms with van der Waals surface area (Å²) < 4.78 is 8.20. The molecule has 2 unspecified atom stereocenters. The summed E-state index contributed by atoms with van der Waals surface area (Å²) in [7, 11) is 0. The third-order valence-corrected chi connectivity index (χ3v) is 4.19. The zero-order chi connectivity index (χ0) is 10.2. The van der Waals surface area contributed by atoms with Crippen molar-refractivity contribution in [3.8, 4) is 0 Å². The van der Waals surface area contributed by atoms with E-state index in [9.17, 15) is 5.11 Å². The van der Waals surface area contributed by atoms with Crippen molar-refractivity contribution in [3.05, 3.63) is 11.9 Å². The molecule has 1 fully saturated rings. The van der Waals surface area contributed by atoms with Gasteiger partial charge in [0.2, 0.25) is 0 Å². The van der Waals surface area contributed by atoms with Gasteiger partial charge in [0, 0.05) is 11.8 Å². The van der Waals surface area contributed by atoms with Crippen molar-refractivity contribution >= 4 is 11.7 Å². The van der Waals surface area contributed by atoms with Crippen molar-refractivity contribution in [3.63, 3.8) is 0 Å². The molecule has 4 heteroatoms. The van der Waals surface area contributed by atoms with Crippen molar-refractivity contribution in [1.29, 1.82) is 0 Å². The van der Waals surface area contributed by atoms with Crippen LogP contribution in [0.3, 0.4) is 0 Å². The van der Waals surface area contributed by atoms with Gasteiger partial charge in [0.15, 0.2) is 0 Å². The van der Waals surface area contributed by atoms with Crippen LogP contribution in [0.2, 0.25) is 0 Å². The highest BCUT2D eigenvalue weighted by atomic mass is 32.1. The summed E-state index contributed by atoms with van der Waals surface area (Å²) in [6, 6.07) is 0. The zero-order valence-corrected chi connectivity index (χ0v) is 9.47. The van der Waals surface area contributed by atoms with E-state index in [1.165, 1.54) is 11.7 Å². The number of nitrogens with zero attached hydrogens (tertiary/aromatic N) is 2. The van der Waals surface area contributed by atoms with Crippen LogP contribution < -0.4 is 0 Å². The van der Waals surface area contributed by atoms with E-state index >= 15 is 0 Å². The molecule has 1 aliphatic rings. The van der Waals surface area contributed by atoms with Crippen LogP contribution in [0.25, 0.3) is 0 Å². The Morgan fingerprint density at radius 3 is 2.79 bits per heavy atom. The average molecular weight is 212 g/mol. The van der Waals surface area contributed by atoms with Gasteiger partial charge >= 0.3 is 0 Å². The second-order valence-electron chi connectivity index (χ2n) is 4.76. The van der Waals surface area contributed by atoms with Crippen LogP contribution in [0, 0.1) is 5.41 Å². The molecule has 0 bridgehead atoms. The highest BCUT2D eigenvalue weighted by Crippen LogP contribution is 2.47. The normalized spacial score (nSPS) is 37.6. The Labute approximate surface area is 88.5 Å². The van der Waals surface area contributed by atoms with Crippen LogP contribution in [0.15, 0.2) is 6.20 Å². The van der Waals surface area contributed by atoms with Crippen LogP contribution in [-0.4, -0.2) is 19.5 Å². The molecule has 0 radical (unpaired) electrons. The van der Waals surface area contributed by atoms with E-state index in [2.05, 4.69) is 15.7 Å². The molecule has 2 rings (SSSR count). The lowest BCUT2D eigenvalue weighted by Crippen LogP contribution is -2.40. The summed E-state index contributed by atoms with van der Waals surface area (Å²) in [6.45, 7) is 4.10. The second-order valence-corrected chi connectivity index (χ2v) is 5.32. The van der Waals surface area contributed by atoms with Gasteiger partial charge in [0.05, 0.1) is 29.2 Å². The van der Waals surface area contributed by atoms with Crippen molar-refractivity contribution in [2.45, 2.75) is 45.1 Å². The van der Waals surface area contributed by atoms with Crippen LogP contribution >= 0.6 is 11.7 Å². The van der Waals surface area contributed by atoms with E-state index in [1.807, 2.05) is 13.1 Å². The quantitative estimate of drug-likeness (QED) is 0.815. The molecule has 2 atom stereocenters. The molecule has 1 heterocycles. The molecule has 1 saturated carbocycles. The van der Waals surface area contributed by atoms with Gasteiger partial charge in [-0.1, -0.05) is 6.92 Å². The second kappa shape index (κ2) is 3.28. The number of aliphatic hydroxyl groups is 1. The predicted octanol–water partition coefficient (Wildman–Crippen LogP) is 2.02. The Morgan fingerprint density at radius 1 is 1.50 bits per heavy atom. The Bertz CT molecular complexity index is 310. The first kappa shape index (κ1) is 10.1. The molecule has 0 saturated heterocycles. The maximum atomic E-state index is 10.3. The molecule has 0 aromatic carbocycles. The number of hydrogen-bond donors (Lipinski definition) is 1. The lowest BCUT2D eigenvalue weighted by Gasteiger charge is -2.36. The first-order valence-electron chi connectivity index (χ1n) is 5.02. The predicted molar refractivity (Wildman–Crippen MR) is 56.2 cm³/mol. The molecular weight excluding hydrogens is 196 g/mol. The molecule has 0 amide bonds. The minimum atomic E-state index is -0.545. The third kappa shape index (κ3) is 1.57. The van der Waals surface area contributed by atoms with E-state index in [1.54, 1.807) is 0 Å². The molecule has 1 N–H and O–H groups in total. The molecule has 1 aliphatic carbocycles. The summed E-state index contributed by atoms with van der Waals surface area (Å²) in [5, 5.41) is 10.3. The largest absolute Gasteiger partial charge is 0.390 e. The van der Waals surface area contributed by atoms with Crippen LogP contribution in [0.4, 0.5) is 0 Å². The molecule has 1 aromatic heterocycles. The van der Waals surface area contributed by atoms with Gasteiger partial charge in [-0.3, -0.25) is 0 Å². The summed E-state index contributed by atoms with van der Waals surface area (Å²) in [6.07, 6.45) is 5.75. The maximum absolute atomic E-state index is 10.3. The Kier molecular flexibility index (Phi) is 2.35. The SMILES string of the molecule is CC1(O)CCCC1(C)Cc1cnsn1. The zero-order valence-electron chi connectivity index (χ0n) is 8.66. The van der Waals surface area contributed by atoms with Crippen LogP contribution in [0.5, 0.6) is 0 Å². The van der Waals surface area contributed by atoms with Crippen molar-refractivity contribution in [1.82, 2.24) is 8.75 Å². The van der Waals surface area contributed by atoms with E-state index in [4.69, 9.17) is 0 Å². The summed E-state index contributed by atoms with van der Waals surface area (Å²) in [5.41, 5.74) is 0.444.